The molecule has 1 aromatic carbocycles. The zero-order valence-electron chi connectivity index (χ0n) is 24.7. The summed E-state index contributed by atoms with van der Waals surface area (Å²) in [7, 11) is 3.72. The van der Waals surface area contributed by atoms with Gasteiger partial charge in [-0.3, -0.25) is 4.39 Å². The fourth-order valence-corrected chi connectivity index (χ4v) is 5.53. The van der Waals surface area contributed by atoms with Crippen molar-refractivity contribution in [2.75, 3.05) is 34.0 Å². The highest BCUT2D eigenvalue weighted by Gasteiger charge is 2.29. The van der Waals surface area contributed by atoms with Crippen LogP contribution in [0.5, 0.6) is 0 Å². The SMILES string of the molecule is C/C=C(/CCN(C)[C@H]1C[C@@H](C)O[C@@H](O)C1)NNC(CC)C[C@H](CF)[C@H](OC)c1ccc(C2=NO[C@H](CO)C2)cc1. The second kappa shape index (κ2) is 16.4. The van der Waals surface area contributed by atoms with Gasteiger partial charge in [0.25, 0.3) is 0 Å². The number of alkyl halides is 1. The Labute approximate surface area is 238 Å². The van der Waals surface area contributed by atoms with Crippen LogP contribution in [0.2, 0.25) is 0 Å². The summed E-state index contributed by atoms with van der Waals surface area (Å²) < 4.78 is 25.6. The smallest absolute Gasteiger partial charge is 0.156 e. The average molecular weight is 565 g/mol. The van der Waals surface area contributed by atoms with Crippen LogP contribution in [-0.4, -0.2) is 85.4 Å². The number of halogens is 1. The molecule has 2 heterocycles. The Balaban J connectivity index is 1.52. The van der Waals surface area contributed by atoms with Crippen molar-refractivity contribution in [1.82, 2.24) is 15.8 Å². The molecule has 9 nitrogen and oxygen atoms in total. The van der Waals surface area contributed by atoms with Gasteiger partial charge in [-0.25, -0.2) is 5.43 Å². The van der Waals surface area contributed by atoms with E-state index in [1.165, 1.54) is 0 Å². The Morgan fingerprint density at radius 1 is 1.30 bits per heavy atom. The predicted octanol–water partition coefficient (Wildman–Crippen LogP) is 3.82. The standard InChI is InChI=1S/C30H49FN4O5/c1-6-24(12-13-35(4)26-14-20(3)39-29(37)16-26)32-33-25(7-2)15-23(18-31)30(38-5)22-10-8-21(9-11-22)28-17-27(19-36)40-34-28/h6,8-11,20,23,25-27,29-30,32-33,36-37H,7,12-19H2,1-5H3/b24-6-/t20-,23-,25?,26+,27+,29-,30-/m1/s1. The lowest BCUT2D eigenvalue weighted by atomic mass is 9.89. The zero-order valence-corrected chi connectivity index (χ0v) is 24.7. The van der Waals surface area contributed by atoms with Crippen molar-refractivity contribution in [2.24, 2.45) is 11.1 Å². The fourth-order valence-electron chi connectivity index (χ4n) is 5.53. The molecular weight excluding hydrogens is 515 g/mol. The van der Waals surface area contributed by atoms with Gasteiger partial charge < -0.3 is 34.9 Å². The van der Waals surface area contributed by atoms with Gasteiger partial charge in [0, 0.05) is 56.6 Å². The van der Waals surface area contributed by atoms with E-state index >= 15 is 0 Å². The lowest BCUT2D eigenvalue weighted by Crippen LogP contribution is -2.45. The second-order valence-electron chi connectivity index (χ2n) is 11.0. The number of nitrogens with zero attached hydrogens (tertiary/aromatic N) is 2. The molecule has 0 aliphatic carbocycles. The number of benzene rings is 1. The van der Waals surface area contributed by atoms with Crippen LogP contribution in [0.25, 0.3) is 0 Å². The number of oxime groups is 1. The average Bonchev–Trinajstić information content (AvgIpc) is 3.45. The van der Waals surface area contributed by atoms with Crippen LogP contribution in [0.1, 0.15) is 76.5 Å². The highest BCUT2D eigenvalue weighted by atomic mass is 19.1. The van der Waals surface area contributed by atoms with Gasteiger partial charge in [-0.2, -0.15) is 0 Å². The first-order valence-electron chi connectivity index (χ1n) is 14.5. The first-order valence-corrected chi connectivity index (χ1v) is 14.5. The quantitative estimate of drug-likeness (QED) is 0.225. The maximum Gasteiger partial charge on any atom is 0.156 e. The number of methoxy groups -OCH3 is 1. The normalized spacial score (nSPS) is 25.8. The Morgan fingerprint density at radius 2 is 2.05 bits per heavy atom. The van der Waals surface area contributed by atoms with Gasteiger partial charge in [-0.1, -0.05) is 42.4 Å². The van der Waals surface area contributed by atoms with Crippen molar-refractivity contribution in [3.05, 3.63) is 47.2 Å². The third-order valence-corrected chi connectivity index (χ3v) is 8.08. The van der Waals surface area contributed by atoms with Crippen molar-refractivity contribution in [3.63, 3.8) is 0 Å². The maximum atomic E-state index is 14.4. The molecule has 1 unspecified atom stereocenters. The molecule has 7 atom stereocenters. The van der Waals surface area contributed by atoms with Crippen LogP contribution >= 0.6 is 0 Å². The van der Waals surface area contributed by atoms with Crippen molar-refractivity contribution in [2.45, 2.75) is 96.0 Å². The van der Waals surface area contributed by atoms with Gasteiger partial charge in [-0.05, 0) is 51.3 Å². The lowest BCUT2D eigenvalue weighted by Gasteiger charge is -2.36. The number of allylic oxidation sites excluding steroid dienone is 1. The molecule has 0 saturated carbocycles. The topological polar surface area (TPSA) is 108 Å². The van der Waals surface area contributed by atoms with Gasteiger partial charge >= 0.3 is 0 Å². The van der Waals surface area contributed by atoms with E-state index in [9.17, 15) is 14.6 Å². The largest absolute Gasteiger partial charge is 0.392 e. The molecule has 0 aromatic heterocycles. The molecule has 1 fully saturated rings. The summed E-state index contributed by atoms with van der Waals surface area (Å²) in [6.45, 7) is 6.39. The van der Waals surface area contributed by atoms with E-state index in [0.717, 1.165) is 48.3 Å². The molecule has 1 saturated heterocycles. The summed E-state index contributed by atoms with van der Waals surface area (Å²) in [5.74, 6) is -0.317. The van der Waals surface area contributed by atoms with Gasteiger partial charge in [0.2, 0.25) is 0 Å². The summed E-state index contributed by atoms with van der Waals surface area (Å²) in [5.41, 5.74) is 10.5. The Kier molecular flexibility index (Phi) is 13.3. The number of rotatable bonds is 16. The molecular formula is C30H49FN4O5. The molecule has 4 N–H and O–H groups in total. The van der Waals surface area contributed by atoms with Gasteiger partial charge in [-0.15, -0.1) is 0 Å². The van der Waals surface area contributed by atoms with E-state index in [0.29, 0.717) is 19.3 Å². The molecule has 0 amide bonds. The Morgan fingerprint density at radius 3 is 2.62 bits per heavy atom. The first kappa shape index (κ1) is 32.4. The highest BCUT2D eigenvalue weighted by molar-refractivity contribution is 6.01. The van der Waals surface area contributed by atoms with Crippen molar-refractivity contribution >= 4 is 5.71 Å². The third-order valence-electron chi connectivity index (χ3n) is 8.08. The molecule has 226 valence electrons. The predicted molar refractivity (Wildman–Crippen MR) is 154 cm³/mol. The molecule has 0 bridgehead atoms. The molecule has 2 aliphatic heterocycles. The molecule has 10 heteroatoms. The minimum Gasteiger partial charge on any atom is -0.392 e. The van der Waals surface area contributed by atoms with E-state index in [4.69, 9.17) is 14.3 Å². The second-order valence-corrected chi connectivity index (χ2v) is 11.0. The molecule has 3 rings (SSSR count). The Bertz CT molecular complexity index is 937. The van der Waals surface area contributed by atoms with Crippen LogP contribution < -0.4 is 10.9 Å². The highest BCUT2D eigenvalue weighted by Crippen LogP contribution is 2.31. The van der Waals surface area contributed by atoms with Crippen LogP contribution in [-0.2, 0) is 14.3 Å². The van der Waals surface area contributed by atoms with Gasteiger partial charge in [0.05, 0.1) is 31.2 Å². The number of nitrogens with one attached hydrogen (secondary N) is 2. The third kappa shape index (κ3) is 9.22. The van der Waals surface area contributed by atoms with E-state index in [-0.39, 0.29) is 42.9 Å². The van der Waals surface area contributed by atoms with Gasteiger partial charge in [0.1, 0.15) is 0 Å². The van der Waals surface area contributed by atoms with Crippen molar-refractivity contribution < 1.29 is 28.9 Å². The zero-order chi connectivity index (χ0) is 29.1. The molecule has 0 spiro atoms. The van der Waals surface area contributed by atoms with Crippen LogP contribution in [0.4, 0.5) is 4.39 Å². The number of ether oxygens (including phenoxy) is 2. The minimum atomic E-state index is -0.698. The molecule has 2 aliphatic rings. The van der Waals surface area contributed by atoms with E-state index in [1.807, 2.05) is 38.1 Å². The summed E-state index contributed by atoms with van der Waals surface area (Å²) >= 11 is 0. The van der Waals surface area contributed by atoms with Gasteiger partial charge in [0.15, 0.2) is 12.4 Å². The number of hydrogen-bond acceptors (Lipinski definition) is 9. The van der Waals surface area contributed by atoms with Crippen molar-refractivity contribution in [1.29, 1.82) is 0 Å². The number of hydrazine groups is 1. The lowest BCUT2D eigenvalue weighted by molar-refractivity contribution is -0.173. The van der Waals surface area contributed by atoms with Crippen LogP contribution in [0, 0.1) is 5.92 Å². The molecule has 40 heavy (non-hydrogen) atoms. The monoisotopic (exact) mass is 564 g/mol. The minimum absolute atomic E-state index is 0.0516. The van der Waals surface area contributed by atoms with E-state index in [1.54, 1.807) is 7.11 Å². The maximum absolute atomic E-state index is 14.4. The fraction of sp³-hybridized carbons (Fsp3) is 0.700. The summed E-state index contributed by atoms with van der Waals surface area (Å²) in [6.07, 6.45) is 5.10. The summed E-state index contributed by atoms with van der Waals surface area (Å²) in [4.78, 5) is 7.51. The molecule has 1 aromatic rings. The Hall–Kier alpha value is -2.08. The summed E-state index contributed by atoms with van der Waals surface area (Å²) in [5, 5.41) is 23.3. The number of aliphatic hydroxyl groups is 2. The number of aliphatic hydroxyl groups excluding tert-OH is 2. The van der Waals surface area contributed by atoms with Crippen LogP contribution in [0.3, 0.4) is 0 Å². The van der Waals surface area contributed by atoms with E-state index < -0.39 is 13.0 Å². The summed E-state index contributed by atoms with van der Waals surface area (Å²) in [6, 6.07) is 8.16. The number of hydrogen-bond donors (Lipinski definition) is 4. The first-order chi connectivity index (χ1) is 19.3. The van der Waals surface area contributed by atoms with Crippen molar-refractivity contribution in [3.8, 4) is 0 Å². The molecule has 0 radical (unpaired) electrons. The van der Waals surface area contributed by atoms with E-state index in [2.05, 4.69) is 41.0 Å². The van der Waals surface area contributed by atoms with Crippen LogP contribution in [0.15, 0.2) is 41.2 Å².